The van der Waals surface area contributed by atoms with Crippen molar-refractivity contribution in [3.63, 3.8) is 0 Å². The third-order valence-electron chi connectivity index (χ3n) is 1.74. The molecule has 0 amide bonds. The van der Waals surface area contributed by atoms with Crippen LogP contribution in [0.3, 0.4) is 0 Å². The fourth-order valence-electron chi connectivity index (χ4n) is 1.06. The number of hydrogen-bond acceptors (Lipinski definition) is 4. The van der Waals surface area contributed by atoms with Gasteiger partial charge in [0.15, 0.2) is 0 Å². The Balaban J connectivity index is 2.36. The van der Waals surface area contributed by atoms with Gasteiger partial charge in [-0.15, -0.1) is 0 Å². The van der Waals surface area contributed by atoms with Gasteiger partial charge in [-0.05, 0) is 18.6 Å². The largest absolute Gasteiger partial charge is 0.369 e. The van der Waals surface area contributed by atoms with Crippen molar-refractivity contribution < 1.29 is 8.42 Å². The number of pyridine rings is 1. The molecule has 0 unspecified atom stereocenters. The maximum Gasteiger partial charge on any atom is 0.147 e. The van der Waals surface area contributed by atoms with Crippen molar-refractivity contribution in [1.29, 1.82) is 0 Å². The van der Waals surface area contributed by atoms with Gasteiger partial charge in [-0.3, -0.25) is 0 Å². The maximum atomic E-state index is 10.8. The summed E-state index contributed by atoms with van der Waals surface area (Å²) in [6, 6.07) is 3.47. The van der Waals surface area contributed by atoms with E-state index in [1.807, 2.05) is 0 Å². The molecule has 1 aromatic rings. The van der Waals surface area contributed by atoms with Gasteiger partial charge >= 0.3 is 0 Å². The lowest BCUT2D eigenvalue weighted by atomic mass is 10.4. The lowest BCUT2D eigenvalue weighted by Crippen LogP contribution is -2.10. The fraction of sp³-hybridized carbons (Fsp3) is 0.444. The quantitative estimate of drug-likeness (QED) is 0.804. The predicted octanol–water partition coefficient (Wildman–Crippen LogP) is 1.58. The molecule has 1 rings (SSSR count). The Morgan fingerprint density at radius 3 is 2.87 bits per heavy atom. The highest BCUT2D eigenvalue weighted by atomic mass is 35.5. The van der Waals surface area contributed by atoms with Crippen molar-refractivity contribution in [2.45, 2.75) is 6.42 Å². The second-order valence-electron chi connectivity index (χ2n) is 3.24. The molecule has 0 aliphatic rings. The Kier molecular flexibility index (Phi) is 4.35. The van der Waals surface area contributed by atoms with Gasteiger partial charge in [-0.2, -0.15) is 0 Å². The molecular formula is C9H13ClN2O2S. The van der Waals surface area contributed by atoms with E-state index in [0.29, 0.717) is 23.8 Å². The van der Waals surface area contributed by atoms with Gasteiger partial charge in [-0.25, -0.2) is 13.4 Å². The molecule has 4 nitrogen and oxygen atoms in total. The average molecular weight is 249 g/mol. The normalized spacial score (nSPS) is 11.3. The Hall–Kier alpha value is -0.810. The zero-order valence-corrected chi connectivity index (χ0v) is 9.98. The summed E-state index contributed by atoms with van der Waals surface area (Å²) in [5.74, 6) is 0.762. The van der Waals surface area contributed by atoms with E-state index in [0.717, 1.165) is 0 Å². The van der Waals surface area contributed by atoms with Crippen LogP contribution in [0.25, 0.3) is 0 Å². The SMILES string of the molecule is CS(=O)(=O)CCCNc1ncccc1Cl. The van der Waals surface area contributed by atoms with Crippen molar-refractivity contribution >= 4 is 27.3 Å². The number of nitrogens with one attached hydrogen (secondary N) is 1. The van der Waals surface area contributed by atoms with Gasteiger partial charge in [-0.1, -0.05) is 11.6 Å². The van der Waals surface area contributed by atoms with Crippen LogP contribution >= 0.6 is 11.6 Å². The van der Waals surface area contributed by atoms with E-state index in [2.05, 4.69) is 10.3 Å². The standard InChI is InChI=1S/C9H13ClN2O2S/c1-15(13,14)7-3-6-12-9-8(10)4-2-5-11-9/h2,4-5H,3,6-7H2,1H3,(H,11,12). The molecule has 0 aliphatic carbocycles. The third kappa shape index (κ3) is 4.99. The van der Waals surface area contributed by atoms with Gasteiger partial charge in [0.25, 0.3) is 0 Å². The molecule has 0 aromatic carbocycles. The summed E-state index contributed by atoms with van der Waals surface area (Å²) in [6.45, 7) is 0.545. The topological polar surface area (TPSA) is 59.1 Å². The van der Waals surface area contributed by atoms with Crippen LogP contribution in [0, 0.1) is 0 Å². The molecule has 0 saturated heterocycles. The van der Waals surface area contributed by atoms with E-state index >= 15 is 0 Å². The van der Waals surface area contributed by atoms with E-state index < -0.39 is 9.84 Å². The van der Waals surface area contributed by atoms with Gasteiger partial charge in [0, 0.05) is 19.0 Å². The molecule has 0 radical (unpaired) electrons. The molecule has 1 N–H and O–H groups in total. The third-order valence-corrected chi connectivity index (χ3v) is 3.08. The molecular weight excluding hydrogens is 236 g/mol. The summed E-state index contributed by atoms with van der Waals surface area (Å²) < 4.78 is 21.7. The van der Waals surface area contributed by atoms with E-state index in [-0.39, 0.29) is 5.75 Å². The lowest BCUT2D eigenvalue weighted by Gasteiger charge is -2.05. The first-order valence-electron chi connectivity index (χ1n) is 4.51. The van der Waals surface area contributed by atoms with Gasteiger partial charge in [0.05, 0.1) is 10.8 Å². The smallest absolute Gasteiger partial charge is 0.147 e. The molecule has 1 aromatic heterocycles. The summed E-state index contributed by atoms with van der Waals surface area (Å²) in [5, 5.41) is 3.52. The molecule has 0 fully saturated rings. The monoisotopic (exact) mass is 248 g/mol. The summed E-state index contributed by atoms with van der Waals surface area (Å²) >= 11 is 5.85. The molecule has 0 spiro atoms. The summed E-state index contributed by atoms with van der Waals surface area (Å²) in [6.07, 6.45) is 3.40. The van der Waals surface area contributed by atoms with Crippen LogP contribution in [0.1, 0.15) is 6.42 Å². The minimum absolute atomic E-state index is 0.171. The van der Waals surface area contributed by atoms with Crippen LogP contribution in [-0.4, -0.2) is 32.0 Å². The Morgan fingerprint density at radius 1 is 1.53 bits per heavy atom. The number of hydrogen-bond donors (Lipinski definition) is 1. The Labute approximate surface area is 94.6 Å². The molecule has 1 heterocycles. The van der Waals surface area contributed by atoms with E-state index in [9.17, 15) is 8.42 Å². The number of halogens is 1. The fourth-order valence-corrected chi connectivity index (χ4v) is 1.91. The van der Waals surface area contributed by atoms with Gasteiger partial charge in [0.2, 0.25) is 0 Å². The minimum Gasteiger partial charge on any atom is -0.369 e. The first-order valence-corrected chi connectivity index (χ1v) is 6.95. The average Bonchev–Trinajstić information content (AvgIpc) is 2.13. The Bertz CT molecular complexity index is 420. The number of rotatable bonds is 5. The summed E-state index contributed by atoms with van der Waals surface area (Å²) in [5.41, 5.74) is 0. The number of aromatic nitrogens is 1. The van der Waals surface area contributed by atoms with Crippen molar-refractivity contribution in [3.05, 3.63) is 23.4 Å². The molecule has 0 bridgehead atoms. The second kappa shape index (κ2) is 5.32. The highest BCUT2D eigenvalue weighted by molar-refractivity contribution is 7.90. The molecule has 0 saturated carbocycles. The minimum atomic E-state index is -2.88. The van der Waals surface area contributed by atoms with Crippen LogP contribution in [0.5, 0.6) is 0 Å². The van der Waals surface area contributed by atoms with Gasteiger partial charge < -0.3 is 5.32 Å². The number of sulfone groups is 1. The Morgan fingerprint density at radius 2 is 2.27 bits per heavy atom. The van der Waals surface area contributed by atoms with Crippen LogP contribution in [0.4, 0.5) is 5.82 Å². The molecule has 84 valence electrons. The second-order valence-corrected chi connectivity index (χ2v) is 5.91. The summed E-state index contributed by atoms with van der Waals surface area (Å²) in [7, 11) is -2.88. The van der Waals surface area contributed by atoms with Crippen molar-refractivity contribution in [2.24, 2.45) is 0 Å². The van der Waals surface area contributed by atoms with Crippen molar-refractivity contribution in [2.75, 3.05) is 23.9 Å². The molecule has 0 atom stereocenters. The highest BCUT2D eigenvalue weighted by Crippen LogP contribution is 2.16. The summed E-state index contributed by atoms with van der Waals surface area (Å²) in [4.78, 5) is 4.02. The molecule has 6 heteroatoms. The molecule has 0 aliphatic heterocycles. The van der Waals surface area contributed by atoms with E-state index in [4.69, 9.17) is 11.6 Å². The first kappa shape index (κ1) is 12.3. The molecule has 15 heavy (non-hydrogen) atoms. The zero-order valence-electron chi connectivity index (χ0n) is 8.40. The van der Waals surface area contributed by atoms with Gasteiger partial charge in [0.1, 0.15) is 15.7 Å². The van der Waals surface area contributed by atoms with Crippen molar-refractivity contribution in [1.82, 2.24) is 4.98 Å². The van der Waals surface area contributed by atoms with E-state index in [1.165, 1.54) is 6.26 Å². The van der Waals surface area contributed by atoms with Crippen LogP contribution < -0.4 is 5.32 Å². The first-order chi connectivity index (χ1) is 6.99. The lowest BCUT2D eigenvalue weighted by molar-refractivity contribution is 0.600. The van der Waals surface area contributed by atoms with Crippen LogP contribution in [0.15, 0.2) is 18.3 Å². The predicted molar refractivity (Wildman–Crippen MR) is 62.1 cm³/mol. The van der Waals surface area contributed by atoms with Crippen LogP contribution in [0.2, 0.25) is 5.02 Å². The van der Waals surface area contributed by atoms with E-state index in [1.54, 1.807) is 18.3 Å². The van der Waals surface area contributed by atoms with Crippen LogP contribution in [-0.2, 0) is 9.84 Å². The number of anilines is 1. The number of nitrogens with zero attached hydrogens (tertiary/aromatic N) is 1. The zero-order chi connectivity index (χ0) is 11.3. The highest BCUT2D eigenvalue weighted by Gasteiger charge is 2.02. The van der Waals surface area contributed by atoms with Crippen molar-refractivity contribution in [3.8, 4) is 0 Å². The maximum absolute atomic E-state index is 10.8.